The molecule has 1 unspecified atom stereocenters. The maximum absolute atomic E-state index is 12.3. The van der Waals surface area contributed by atoms with E-state index >= 15 is 0 Å². The Kier molecular flexibility index (Phi) is 3.86. The highest BCUT2D eigenvalue weighted by atomic mass is 16.4. The van der Waals surface area contributed by atoms with Gasteiger partial charge in [-0.2, -0.15) is 0 Å². The Balaban J connectivity index is 1.57. The van der Waals surface area contributed by atoms with Crippen LogP contribution < -0.4 is 5.32 Å². The number of aryl methyl sites for hydroxylation is 1. The maximum Gasteiger partial charge on any atom is 0.317 e. The van der Waals surface area contributed by atoms with E-state index in [9.17, 15) is 9.59 Å². The third kappa shape index (κ3) is 2.89. The lowest BCUT2D eigenvalue weighted by atomic mass is 9.93. The molecule has 0 radical (unpaired) electrons. The number of amides is 2. The number of nitrogens with zero attached hydrogens (tertiary/aromatic N) is 1. The molecule has 1 fully saturated rings. The fourth-order valence-electron chi connectivity index (χ4n) is 3.21. The summed E-state index contributed by atoms with van der Waals surface area (Å²) in [6.45, 7) is 1.02. The van der Waals surface area contributed by atoms with Crippen LogP contribution in [0.1, 0.15) is 43.0 Å². The van der Waals surface area contributed by atoms with Crippen LogP contribution >= 0.6 is 0 Å². The molecule has 2 amide bonds. The molecule has 0 aromatic carbocycles. The second-order valence-electron chi connectivity index (χ2n) is 5.79. The molecule has 1 atom stereocenters. The van der Waals surface area contributed by atoms with Crippen LogP contribution in [0.25, 0.3) is 0 Å². The topological polar surface area (TPSA) is 82.8 Å². The molecule has 0 spiro atoms. The van der Waals surface area contributed by atoms with Crippen LogP contribution in [0.2, 0.25) is 0 Å². The van der Waals surface area contributed by atoms with Crippen molar-refractivity contribution in [1.82, 2.24) is 10.2 Å². The van der Waals surface area contributed by atoms with Gasteiger partial charge in [0, 0.05) is 25.1 Å². The first-order valence-corrected chi connectivity index (χ1v) is 7.49. The number of hydrogen-bond donors (Lipinski definition) is 2. The van der Waals surface area contributed by atoms with Gasteiger partial charge in [0.2, 0.25) is 0 Å². The van der Waals surface area contributed by atoms with Crippen molar-refractivity contribution in [3.63, 3.8) is 0 Å². The normalized spacial score (nSPS) is 22.7. The number of carbonyl (C=O) groups is 2. The third-order valence-electron chi connectivity index (χ3n) is 4.48. The van der Waals surface area contributed by atoms with E-state index in [0.29, 0.717) is 25.9 Å². The standard InChI is InChI=1S/C15H20N2O4/c18-14(19)10-4-7-17(8-5-10)15(20)16-12-2-1-3-13-11(12)6-9-21-13/h6,9-10,12H,1-5,7-8H2,(H,16,20)(H,18,19). The molecular formula is C15H20N2O4. The van der Waals surface area contributed by atoms with Gasteiger partial charge in [-0.25, -0.2) is 4.79 Å². The quantitative estimate of drug-likeness (QED) is 0.875. The van der Waals surface area contributed by atoms with Gasteiger partial charge in [-0.05, 0) is 31.7 Å². The summed E-state index contributed by atoms with van der Waals surface area (Å²) >= 11 is 0. The van der Waals surface area contributed by atoms with Gasteiger partial charge < -0.3 is 19.7 Å². The number of carboxylic acid groups (broad SMARTS) is 1. The highest BCUT2D eigenvalue weighted by molar-refractivity contribution is 5.76. The van der Waals surface area contributed by atoms with E-state index < -0.39 is 5.97 Å². The molecule has 21 heavy (non-hydrogen) atoms. The predicted molar refractivity (Wildman–Crippen MR) is 74.9 cm³/mol. The molecule has 6 heteroatoms. The van der Waals surface area contributed by atoms with E-state index in [0.717, 1.165) is 30.6 Å². The number of likely N-dealkylation sites (tertiary alicyclic amines) is 1. The molecular weight excluding hydrogens is 272 g/mol. The van der Waals surface area contributed by atoms with Gasteiger partial charge in [0.05, 0.1) is 18.2 Å². The van der Waals surface area contributed by atoms with E-state index in [4.69, 9.17) is 9.52 Å². The minimum Gasteiger partial charge on any atom is -0.481 e. The Labute approximate surface area is 123 Å². The summed E-state index contributed by atoms with van der Waals surface area (Å²) in [6.07, 6.45) is 5.59. The van der Waals surface area contributed by atoms with Crippen molar-refractivity contribution in [2.24, 2.45) is 5.92 Å². The summed E-state index contributed by atoms with van der Waals surface area (Å²) < 4.78 is 5.42. The van der Waals surface area contributed by atoms with Crippen LogP contribution in [-0.4, -0.2) is 35.1 Å². The fourth-order valence-corrected chi connectivity index (χ4v) is 3.21. The molecule has 1 aromatic rings. The van der Waals surface area contributed by atoms with Crippen LogP contribution in [0, 0.1) is 5.92 Å². The van der Waals surface area contributed by atoms with Crippen LogP contribution in [0.15, 0.2) is 16.7 Å². The highest BCUT2D eigenvalue weighted by Crippen LogP contribution is 2.30. The molecule has 6 nitrogen and oxygen atoms in total. The van der Waals surface area contributed by atoms with Crippen molar-refractivity contribution < 1.29 is 19.1 Å². The third-order valence-corrected chi connectivity index (χ3v) is 4.48. The summed E-state index contributed by atoms with van der Waals surface area (Å²) in [4.78, 5) is 25.0. The number of rotatable bonds is 2. The van der Waals surface area contributed by atoms with Gasteiger partial charge in [-0.15, -0.1) is 0 Å². The number of piperidine rings is 1. The Morgan fingerprint density at radius 3 is 2.76 bits per heavy atom. The van der Waals surface area contributed by atoms with Crippen molar-refractivity contribution in [3.05, 3.63) is 23.7 Å². The summed E-state index contributed by atoms with van der Waals surface area (Å²) in [5.41, 5.74) is 1.08. The van der Waals surface area contributed by atoms with E-state index in [1.54, 1.807) is 11.2 Å². The fraction of sp³-hybridized carbons (Fsp3) is 0.600. The minimum atomic E-state index is -0.759. The number of urea groups is 1. The van der Waals surface area contributed by atoms with Gasteiger partial charge in [0.25, 0.3) is 0 Å². The lowest BCUT2D eigenvalue weighted by Gasteiger charge is -2.32. The molecule has 0 saturated carbocycles. The molecule has 3 rings (SSSR count). The number of carbonyl (C=O) groups excluding carboxylic acids is 1. The van der Waals surface area contributed by atoms with Gasteiger partial charge in [-0.3, -0.25) is 4.79 Å². The number of aliphatic carboxylic acids is 1. The Morgan fingerprint density at radius 2 is 2.05 bits per heavy atom. The van der Waals surface area contributed by atoms with Crippen LogP contribution in [0.3, 0.4) is 0 Å². The average Bonchev–Trinajstić information content (AvgIpc) is 2.97. The van der Waals surface area contributed by atoms with E-state index in [-0.39, 0.29) is 18.0 Å². The zero-order valence-corrected chi connectivity index (χ0v) is 11.9. The first-order chi connectivity index (χ1) is 10.1. The van der Waals surface area contributed by atoms with Gasteiger partial charge >= 0.3 is 12.0 Å². The maximum atomic E-state index is 12.3. The second kappa shape index (κ2) is 5.79. The Morgan fingerprint density at radius 1 is 1.29 bits per heavy atom. The largest absolute Gasteiger partial charge is 0.481 e. The number of nitrogens with one attached hydrogen (secondary N) is 1. The zero-order chi connectivity index (χ0) is 14.8. The molecule has 0 bridgehead atoms. The smallest absolute Gasteiger partial charge is 0.317 e. The van der Waals surface area contributed by atoms with E-state index in [2.05, 4.69) is 5.32 Å². The summed E-state index contributed by atoms with van der Waals surface area (Å²) in [5.74, 6) is -0.106. The zero-order valence-electron chi connectivity index (χ0n) is 11.9. The second-order valence-corrected chi connectivity index (χ2v) is 5.79. The first-order valence-electron chi connectivity index (χ1n) is 7.49. The molecule has 2 heterocycles. The average molecular weight is 292 g/mol. The number of furan rings is 1. The minimum absolute atomic E-state index is 0.0113. The molecule has 1 aliphatic heterocycles. The number of fused-ring (bicyclic) bond motifs is 1. The number of carboxylic acids is 1. The van der Waals surface area contributed by atoms with Gasteiger partial charge in [0.1, 0.15) is 5.76 Å². The van der Waals surface area contributed by atoms with Crippen molar-refractivity contribution in [2.75, 3.05) is 13.1 Å². The van der Waals surface area contributed by atoms with Crippen LogP contribution in [0.5, 0.6) is 0 Å². The molecule has 1 aromatic heterocycles. The molecule has 2 N–H and O–H groups in total. The summed E-state index contributed by atoms with van der Waals surface area (Å²) in [6, 6.07) is 1.84. The predicted octanol–water partition coefficient (Wildman–Crippen LogP) is 2.16. The lowest BCUT2D eigenvalue weighted by molar-refractivity contribution is -0.143. The molecule has 1 aliphatic carbocycles. The van der Waals surface area contributed by atoms with Crippen LogP contribution in [0.4, 0.5) is 4.79 Å². The Hall–Kier alpha value is -1.98. The molecule has 114 valence electrons. The van der Waals surface area contributed by atoms with Crippen molar-refractivity contribution >= 4 is 12.0 Å². The summed E-state index contributed by atoms with van der Waals surface area (Å²) in [7, 11) is 0. The monoisotopic (exact) mass is 292 g/mol. The van der Waals surface area contributed by atoms with E-state index in [1.165, 1.54) is 0 Å². The molecule has 1 saturated heterocycles. The molecule has 2 aliphatic rings. The van der Waals surface area contributed by atoms with Crippen molar-refractivity contribution in [1.29, 1.82) is 0 Å². The lowest BCUT2D eigenvalue weighted by Crippen LogP contribution is -2.46. The van der Waals surface area contributed by atoms with Crippen molar-refractivity contribution in [3.8, 4) is 0 Å². The number of hydrogen-bond acceptors (Lipinski definition) is 3. The van der Waals surface area contributed by atoms with Crippen molar-refractivity contribution in [2.45, 2.75) is 38.1 Å². The SMILES string of the molecule is O=C(O)C1CCN(C(=O)NC2CCCc3occc32)CC1. The van der Waals surface area contributed by atoms with Crippen LogP contribution in [-0.2, 0) is 11.2 Å². The van der Waals surface area contributed by atoms with Gasteiger partial charge in [-0.1, -0.05) is 0 Å². The van der Waals surface area contributed by atoms with E-state index in [1.807, 2.05) is 6.07 Å². The van der Waals surface area contributed by atoms with Gasteiger partial charge in [0.15, 0.2) is 0 Å². The first kappa shape index (κ1) is 14.0. The Bertz CT molecular complexity index is 532. The highest BCUT2D eigenvalue weighted by Gasteiger charge is 2.29. The summed E-state index contributed by atoms with van der Waals surface area (Å²) in [5, 5.41) is 12.0.